The van der Waals surface area contributed by atoms with Gasteiger partial charge in [0.1, 0.15) is 6.04 Å². The highest BCUT2D eigenvalue weighted by Gasteiger charge is 2.43. The van der Waals surface area contributed by atoms with Crippen LogP contribution in [0, 0.1) is 6.92 Å². The molecule has 1 aliphatic rings. The first-order valence-corrected chi connectivity index (χ1v) is 12.1. The molecule has 1 atom stereocenters. The van der Waals surface area contributed by atoms with Crippen molar-refractivity contribution in [2.24, 2.45) is 0 Å². The van der Waals surface area contributed by atoms with Crippen LogP contribution >= 0.6 is 12.2 Å². The van der Waals surface area contributed by atoms with E-state index in [2.05, 4.69) is 17.4 Å². The van der Waals surface area contributed by atoms with E-state index in [9.17, 15) is 9.59 Å². The van der Waals surface area contributed by atoms with Gasteiger partial charge in [-0.1, -0.05) is 48.0 Å². The molecule has 7 heteroatoms. The molecule has 0 radical (unpaired) electrons. The number of aryl methyl sites for hydroxylation is 1. The Morgan fingerprint density at radius 1 is 0.971 bits per heavy atom. The second-order valence-electron chi connectivity index (χ2n) is 8.92. The number of rotatable bonds is 7. The molecule has 1 saturated heterocycles. The van der Waals surface area contributed by atoms with Crippen molar-refractivity contribution in [2.45, 2.75) is 25.8 Å². The second kappa shape index (κ2) is 10.7. The number of nitrogens with one attached hydrogen (secondary N) is 1. The summed E-state index contributed by atoms with van der Waals surface area (Å²) in [5.41, 5.74) is 4.71. The van der Waals surface area contributed by atoms with Crippen LogP contribution in [0.5, 0.6) is 0 Å². The van der Waals surface area contributed by atoms with Crippen LogP contribution in [0.3, 0.4) is 0 Å². The second-order valence-corrected chi connectivity index (χ2v) is 9.31. The van der Waals surface area contributed by atoms with E-state index >= 15 is 0 Å². The average Bonchev–Trinajstić information content (AvgIpc) is 3.14. The first-order valence-electron chi connectivity index (χ1n) is 11.7. The maximum atomic E-state index is 13.5. The van der Waals surface area contributed by atoms with Crippen molar-refractivity contribution in [1.82, 2.24) is 4.90 Å². The monoisotopic (exact) mass is 486 g/mol. The number of amides is 2. The summed E-state index contributed by atoms with van der Waals surface area (Å²) in [4.78, 5) is 31.6. The van der Waals surface area contributed by atoms with Gasteiger partial charge in [0, 0.05) is 32.0 Å². The summed E-state index contributed by atoms with van der Waals surface area (Å²) in [6.07, 6.45) is 0.785. The minimum atomic E-state index is -0.659. The van der Waals surface area contributed by atoms with E-state index in [4.69, 9.17) is 12.2 Å². The van der Waals surface area contributed by atoms with Gasteiger partial charge in [0.15, 0.2) is 5.11 Å². The molecule has 0 spiro atoms. The van der Waals surface area contributed by atoms with Crippen LogP contribution in [-0.2, 0) is 16.0 Å². The van der Waals surface area contributed by atoms with E-state index in [1.807, 2.05) is 97.5 Å². The Morgan fingerprint density at radius 3 is 2.26 bits per heavy atom. The number of nitrogens with zero attached hydrogens (tertiary/aromatic N) is 3. The third-order valence-electron chi connectivity index (χ3n) is 6.17. The van der Waals surface area contributed by atoms with Crippen molar-refractivity contribution in [3.05, 3.63) is 90.0 Å². The maximum Gasteiger partial charge on any atom is 0.257 e. The van der Waals surface area contributed by atoms with E-state index in [1.165, 1.54) is 4.90 Å². The predicted molar refractivity (Wildman–Crippen MR) is 146 cm³/mol. The lowest BCUT2D eigenvalue weighted by atomic mass is 10.1. The molecule has 2 amide bonds. The SMILES string of the molecule is Cc1ccc(N2C(=O)C[C@@H](N(CCc3ccccc3)C(=S)Nc3ccc(N(C)C)cc3)C2=O)cc1. The predicted octanol–water partition coefficient (Wildman–Crippen LogP) is 4.63. The van der Waals surface area contributed by atoms with E-state index in [0.717, 1.165) is 22.5 Å². The molecule has 0 aromatic heterocycles. The minimum absolute atomic E-state index is 0.0862. The van der Waals surface area contributed by atoms with Gasteiger partial charge in [-0.05, 0) is 67.5 Å². The number of thiocarbonyl (C=S) groups is 1. The third kappa shape index (κ3) is 5.69. The van der Waals surface area contributed by atoms with Crippen molar-refractivity contribution in [2.75, 3.05) is 35.8 Å². The van der Waals surface area contributed by atoms with Gasteiger partial charge in [-0.25, -0.2) is 4.90 Å². The maximum absolute atomic E-state index is 13.5. The van der Waals surface area contributed by atoms with Crippen LogP contribution in [0.25, 0.3) is 0 Å². The minimum Gasteiger partial charge on any atom is -0.378 e. The normalized spacial score (nSPS) is 15.3. The molecule has 0 unspecified atom stereocenters. The smallest absolute Gasteiger partial charge is 0.257 e. The topological polar surface area (TPSA) is 55.9 Å². The van der Waals surface area contributed by atoms with Crippen LogP contribution in [0.2, 0.25) is 0 Å². The highest BCUT2D eigenvalue weighted by Crippen LogP contribution is 2.27. The van der Waals surface area contributed by atoms with E-state index in [1.54, 1.807) is 0 Å². The summed E-state index contributed by atoms with van der Waals surface area (Å²) in [6, 6.07) is 24.7. The van der Waals surface area contributed by atoms with Crippen molar-refractivity contribution in [3.63, 3.8) is 0 Å². The number of carbonyl (C=O) groups is 2. The number of carbonyl (C=O) groups excluding carboxylic acids is 2. The lowest BCUT2D eigenvalue weighted by molar-refractivity contribution is -0.122. The van der Waals surface area contributed by atoms with Crippen LogP contribution in [0.1, 0.15) is 17.5 Å². The van der Waals surface area contributed by atoms with Gasteiger partial charge in [0.05, 0.1) is 12.1 Å². The molecule has 35 heavy (non-hydrogen) atoms. The van der Waals surface area contributed by atoms with Gasteiger partial charge < -0.3 is 15.1 Å². The number of benzene rings is 3. The summed E-state index contributed by atoms with van der Waals surface area (Å²) in [5, 5.41) is 3.70. The largest absolute Gasteiger partial charge is 0.378 e. The van der Waals surface area contributed by atoms with Crippen molar-refractivity contribution in [3.8, 4) is 0 Å². The van der Waals surface area contributed by atoms with Gasteiger partial charge in [0.2, 0.25) is 5.91 Å². The lowest BCUT2D eigenvalue weighted by Gasteiger charge is -2.30. The number of hydrogen-bond acceptors (Lipinski definition) is 4. The van der Waals surface area contributed by atoms with E-state index in [-0.39, 0.29) is 18.2 Å². The molecule has 1 aliphatic heterocycles. The van der Waals surface area contributed by atoms with Gasteiger partial charge >= 0.3 is 0 Å². The summed E-state index contributed by atoms with van der Waals surface area (Å²) >= 11 is 5.78. The number of imide groups is 1. The number of anilines is 3. The first-order chi connectivity index (χ1) is 16.8. The van der Waals surface area contributed by atoms with E-state index < -0.39 is 6.04 Å². The van der Waals surface area contributed by atoms with Gasteiger partial charge in [-0.15, -0.1) is 0 Å². The highest BCUT2D eigenvalue weighted by atomic mass is 32.1. The molecule has 3 aromatic rings. The lowest BCUT2D eigenvalue weighted by Crippen LogP contribution is -2.48. The molecule has 3 aromatic carbocycles. The molecule has 1 fully saturated rings. The van der Waals surface area contributed by atoms with Crippen LogP contribution < -0.4 is 15.1 Å². The fraction of sp³-hybridized carbons (Fsp3) is 0.250. The Morgan fingerprint density at radius 2 is 1.63 bits per heavy atom. The molecule has 1 N–H and O–H groups in total. The average molecular weight is 487 g/mol. The fourth-order valence-corrected chi connectivity index (χ4v) is 4.49. The standard InChI is InChI=1S/C28H30N4O2S/c1-20-9-13-24(14-10-20)32-26(33)19-25(27(32)34)31(18-17-21-7-5-4-6-8-21)28(35)29-22-11-15-23(16-12-22)30(2)3/h4-16,25H,17-19H2,1-3H3,(H,29,35)/t25-/m1/s1. The summed E-state index contributed by atoms with van der Waals surface area (Å²) in [7, 11) is 3.97. The summed E-state index contributed by atoms with van der Waals surface area (Å²) in [6.45, 7) is 2.48. The molecular weight excluding hydrogens is 456 g/mol. The van der Waals surface area contributed by atoms with Crippen LogP contribution in [0.15, 0.2) is 78.9 Å². The zero-order valence-corrected chi connectivity index (χ0v) is 21.1. The van der Waals surface area contributed by atoms with Crippen molar-refractivity contribution in [1.29, 1.82) is 0 Å². The van der Waals surface area contributed by atoms with Crippen LogP contribution in [-0.4, -0.2) is 48.5 Å². The zero-order chi connectivity index (χ0) is 24.9. The first kappa shape index (κ1) is 24.4. The Hall–Kier alpha value is -3.71. The molecule has 6 nitrogen and oxygen atoms in total. The molecule has 1 heterocycles. The quantitative estimate of drug-likeness (QED) is 0.388. The van der Waals surface area contributed by atoms with Gasteiger partial charge in [-0.2, -0.15) is 0 Å². The van der Waals surface area contributed by atoms with Crippen LogP contribution in [0.4, 0.5) is 17.1 Å². The van der Waals surface area contributed by atoms with Gasteiger partial charge in [0.25, 0.3) is 5.91 Å². The Labute approximate surface area is 212 Å². The van der Waals surface area contributed by atoms with E-state index in [0.29, 0.717) is 23.8 Å². The summed E-state index contributed by atoms with van der Waals surface area (Å²) in [5.74, 6) is -0.467. The highest BCUT2D eigenvalue weighted by molar-refractivity contribution is 7.80. The Bertz CT molecular complexity index is 1190. The molecule has 0 bridgehead atoms. The Kier molecular flexibility index (Phi) is 7.46. The molecular formula is C28H30N4O2S. The summed E-state index contributed by atoms with van der Waals surface area (Å²) < 4.78 is 0. The zero-order valence-electron chi connectivity index (χ0n) is 20.3. The Balaban J connectivity index is 1.57. The van der Waals surface area contributed by atoms with Crippen molar-refractivity contribution >= 4 is 46.2 Å². The third-order valence-corrected chi connectivity index (χ3v) is 6.51. The molecule has 0 saturated carbocycles. The molecule has 0 aliphatic carbocycles. The van der Waals surface area contributed by atoms with Gasteiger partial charge in [-0.3, -0.25) is 9.59 Å². The number of hydrogen-bond donors (Lipinski definition) is 1. The molecule has 180 valence electrons. The fourth-order valence-electron chi connectivity index (χ4n) is 4.16. The molecule has 4 rings (SSSR count). The van der Waals surface area contributed by atoms with Crippen molar-refractivity contribution < 1.29 is 9.59 Å².